The number of nitrogens with one attached hydrogen (secondary N) is 1. The van der Waals surface area contributed by atoms with Gasteiger partial charge in [0, 0.05) is 16.9 Å². The van der Waals surface area contributed by atoms with Crippen LogP contribution in [0.1, 0.15) is 6.92 Å². The second-order valence-electron chi connectivity index (χ2n) is 3.73. The SMILES string of the molecule is CC(CN)C(=O)NCCOc1ccc(Br)cc1.Cl. The van der Waals surface area contributed by atoms with Crippen molar-refractivity contribution in [2.75, 3.05) is 19.7 Å². The minimum absolute atomic E-state index is 0. The van der Waals surface area contributed by atoms with E-state index in [9.17, 15) is 4.79 Å². The lowest BCUT2D eigenvalue weighted by Gasteiger charge is -2.10. The van der Waals surface area contributed by atoms with Crippen LogP contribution >= 0.6 is 28.3 Å². The Balaban J connectivity index is 0.00000289. The van der Waals surface area contributed by atoms with E-state index in [0.717, 1.165) is 10.2 Å². The predicted octanol–water partition coefficient (Wildman–Crippen LogP) is 1.96. The van der Waals surface area contributed by atoms with Crippen LogP contribution < -0.4 is 15.8 Å². The molecule has 4 nitrogen and oxygen atoms in total. The molecule has 1 unspecified atom stereocenters. The summed E-state index contributed by atoms with van der Waals surface area (Å²) < 4.78 is 6.47. The first-order valence-electron chi connectivity index (χ1n) is 5.49. The van der Waals surface area contributed by atoms with Crippen molar-refractivity contribution in [3.05, 3.63) is 28.7 Å². The summed E-state index contributed by atoms with van der Waals surface area (Å²) in [6.07, 6.45) is 0. The number of halogens is 2. The third-order valence-electron chi connectivity index (χ3n) is 2.28. The molecule has 1 rings (SSSR count). The third kappa shape index (κ3) is 6.23. The van der Waals surface area contributed by atoms with Crippen molar-refractivity contribution >= 4 is 34.2 Å². The van der Waals surface area contributed by atoms with Gasteiger partial charge in [-0.1, -0.05) is 22.9 Å². The van der Waals surface area contributed by atoms with Crippen molar-refractivity contribution in [3.8, 4) is 5.75 Å². The summed E-state index contributed by atoms with van der Waals surface area (Å²) in [7, 11) is 0. The third-order valence-corrected chi connectivity index (χ3v) is 2.81. The molecule has 18 heavy (non-hydrogen) atoms. The summed E-state index contributed by atoms with van der Waals surface area (Å²) >= 11 is 3.35. The van der Waals surface area contributed by atoms with Crippen LogP contribution in [0.15, 0.2) is 28.7 Å². The Labute approximate surface area is 122 Å². The number of amides is 1. The van der Waals surface area contributed by atoms with Crippen molar-refractivity contribution < 1.29 is 9.53 Å². The normalized spacial score (nSPS) is 11.3. The zero-order chi connectivity index (χ0) is 12.7. The number of nitrogens with two attached hydrogens (primary N) is 1. The minimum atomic E-state index is -0.150. The first kappa shape index (κ1) is 17.2. The van der Waals surface area contributed by atoms with Crippen LogP contribution in [0.2, 0.25) is 0 Å². The largest absolute Gasteiger partial charge is 0.492 e. The van der Waals surface area contributed by atoms with Gasteiger partial charge in [-0.3, -0.25) is 4.79 Å². The van der Waals surface area contributed by atoms with Gasteiger partial charge in [-0.15, -0.1) is 12.4 Å². The zero-order valence-electron chi connectivity index (χ0n) is 10.2. The van der Waals surface area contributed by atoms with E-state index in [1.807, 2.05) is 24.3 Å². The molecule has 0 radical (unpaired) electrons. The van der Waals surface area contributed by atoms with Crippen LogP contribution in [0.25, 0.3) is 0 Å². The quantitative estimate of drug-likeness (QED) is 0.780. The molecule has 1 amide bonds. The molecular formula is C12H18BrClN2O2. The average Bonchev–Trinajstić information content (AvgIpc) is 2.35. The Bertz CT molecular complexity index is 360. The fourth-order valence-electron chi connectivity index (χ4n) is 1.16. The van der Waals surface area contributed by atoms with Gasteiger partial charge < -0.3 is 15.8 Å². The van der Waals surface area contributed by atoms with Crippen LogP contribution in [0.4, 0.5) is 0 Å². The summed E-state index contributed by atoms with van der Waals surface area (Å²) in [4.78, 5) is 11.4. The number of hydrogen-bond donors (Lipinski definition) is 2. The molecule has 0 saturated carbocycles. The molecular weight excluding hydrogens is 320 g/mol. The number of benzene rings is 1. The standard InChI is InChI=1S/C12H17BrN2O2.ClH/c1-9(8-14)12(16)15-6-7-17-11-4-2-10(13)3-5-11;/h2-5,9H,6-8,14H2,1H3,(H,15,16);1H. The summed E-state index contributed by atoms with van der Waals surface area (Å²) in [5, 5.41) is 2.76. The van der Waals surface area contributed by atoms with E-state index in [1.165, 1.54) is 0 Å². The maximum Gasteiger partial charge on any atom is 0.224 e. The van der Waals surface area contributed by atoms with Crippen molar-refractivity contribution in [3.63, 3.8) is 0 Å². The highest BCUT2D eigenvalue weighted by molar-refractivity contribution is 9.10. The van der Waals surface area contributed by atoms with Gasteiger partial charge in [0.25, 0.3) is 0 Å². The molecule has 0 heterocycles. The Morgan fingerprint density at radius 2 is 2.06 bits per heavy atom. The smallest absolute Gasteiger partial charge is 0.224 e. The van der Waals surface area contributed by atoms with Crippen LogP contribution in [0.3, 0.4) is 0 Å². The van der Waals surface area contributed by atoms with Gasteiger partial charge in [-0.25, -0.2) is 0 Å². The molecule has 102 valence electrons. The minimum Gasteiger partial charge on any atom is -0.492 e. The first-order chi connectivity index (χ1) is 8.13. The number of hydrogen-bond acceptors (Lipinski definition) is 3. The Hall–Kier alpha value is -0.780. The Morgan fingerprint density at radius 1 is 1.44 bits per heavy atom. The van der Waals surface area contributed by atoms with Gasteiger partial charge >= 0.3 is 0 Å². The second kappa shape index (κ2) is 9.19. The molecule has 1 atom stereocenters. The van der Waals surface area contributed by atoms with Crippen LogP contribution in [-0.4, -0.2) is 25.6 Å². The predicted molar refractivity (Wildman–Crippen MR) is 78.1 cm³/mol. The molecule has 0 aliphatic heterocycles. The molecule has 1 aromatic carbocycles. The molecule has 0 spiro atoms. The number of rotatable bonds is 6. The second-order valence-corrected chi connectivity index (χ2v) is 4.65. The highest BCUT2D eigenvalue weighted by Crippen LogP contribution is 2.15. The summed E-state index contributed by atoms with van der Waals surface area (Å²) in [5.41, 5.74) is 5.39. The van der Waals surface area contributed by atoms with Crippen LogP contribution in [-0.2, 0) is 4.79 Å². The Kier molecular flexibility index (Phi) is 8.79. The summed E-state index contributed by atoms with van der Waals surface area (Å²) in [5.74, 6) is 0.601. The monoisotopic (exact) mass is 336 g/mol. The van der Waals surface area contributed by atoms with E-state index < -0.39 is 0 Å². The zero-order valence-corrected chi connectivity index (χ0v) is 12.6. The number of ether oxygens (including phenoxy) is 1. The maximum atomic E-state index is 11.4. The van der Waals surface area contributed by atoms with E-state index in [4.69, 9.17) is 10.5 Å². The van der Waals surface area contributed by atoms with Crippen molar-refractivity contribution in [1.82, 2.24) is 5.32 Å². The molecule has 0 fully saturated rings. The van der Waals surface area contributed by atoms with Gasteiger partial charge in [0.15, 0.2) is 0 Å². The molecule has 0 aliphatic carbocycles. The van der Waals surface area contributed by atoms with Crippen molar-refractivity contribution in [2.24, 2.45) is 11.7 Å². The fraction of sp³-hybridized carbons (Fsp3) is 0.417. The molecule has 1 aromatic rings. The lowest BCUT2D eigenvalue weighted by atomic mass is 10.2. The Morgan fingerprint density at radius 3 is 2.61 bits per heavy atom. The van der Waals surface area contributed by atoms with Crippen LogP contribution in [0.5, 0.6) is 5.75 Å². The molecule has 0 aromatic heterocycles. The molecule has 0 aliphatic rings. The highest BCUT2D eigenvalue weighted by atomic mass is 79.9. The van der Waals surface area contributed by atoms with Gasteiger partial charge in [-0.05, 0) is 24.3 Å². The lowest BCUT2D eigenvalue weighted by Crippen LogP contribution is -2.35. The van der Waals surface area contributed by atoms with E-state index >= 15 is 0 Å². The highest BCUT2D eigenvalue weighted by Gasteiger charge is 2.09. The van der Waals surface area contributed by atoms with Gasteiger partial charge in [0.1, 0.15) is 12.4 Å². The molecule has 6 heteroatoms. The average molecular weight is 338 g/mol. The van der Waals surface area contributed by atoms with E-state index in [2.05, 4.69) is 21.2 Å². The van der Waals surface area contributed by atoms with E-state index in [-0.39, 0.29) is 24.2 Å². The number of carbonyl (C=O) groups excluding carboxylic acids is 1. The lowest BCUT2D eigenvalue weighted by molar-refractivity contribution is -0.124. The fourth-order valence-corrected chi connectivity index (χ4v) is 1.42. The van der Waals surface area contributed by atoms with Gasteiger partial charge in [-0.2, -0.15) is 0 Å². The first-order valence-corrected chi connectivity index (χ1v) is 6.29. The van der Waals surface area contributed by atoms with Crippen molar-refractivity contribution in [1.29, 1.82) is 0 Å². The van der Waals surface area contributed by atoms with E-state index in [1.54, 1.807) is 6.92 Å². The topological polar surface area (TPSA) is 64.4 Å². The summed E-state index contributed by atoms with van der Waals surface area (Å²) in [6, 6.07) is 7.55. The number of carbonyl (C=O) groups is 1. The van der Waals surface area contributed by atoms with Crippen LogP contribution in [0, 0.1) is 5.92 Å². The van der Waals surface area contributed by atoms with Crippen molar-refractivity contribution in [2.45, 2.75) is 6.92 Å². The molecule has 3 N–H and O–H groups in total. The van der Waals surface area contributed by atoms with Gasteiger partial charge in [0.2, 0.25) is 5.91 Å². The molecule has 0 saturated heterocycles. The van der Waals surface area contributed by atoms with E-state index in [0.29, 0.717) is 19.7 Å². The van der Waals surface area contributed by atoms with Gasteiger partial charge in [0.05, 0.1) is 6.54 Å². The molecule has 0 bridgehead atoms. The maximum absolute atomic E-state index is 11.4. The summed E-state index contributed by atoms with van der Waals surface area (Å²) in [6.45, 7) is 3.09.